The maximum atomic E-state index is 11.7. The van der Waals surface area contributed by atoms with Gasteiger partial charge in [0, 0.05) is 0 Å². The van der Waals surface area contributed by atoms with E-state index < -0.39 is 31.9 Å². The fraction of sp³-hybridized carbons (Fsp3) is 1.00. The van der Waals surface area contributed by atoms with Gasteiger partial charge in [-0.05, 0) is 12.8 Å². The summed E-state index contributed by atoms with van der Waals surface area (Å²) in [5, 5.41) is 0. The molecule has 0 aromatic rings. The maximum Gasteiger partial charge on any atom is 0.480 e. The van der Waals surface area contributed by atoms with Crippen LogP contribution in [0.5, 0.6) is 0 Å². The Morgan fingerprint density at radius 3 is 1.93 bits per heavy atom. The Bertz CT molecular complexity index is 433. The van der Waals surface area contributed by atoms with Gasteiger partial charge in [-0.15, -0.1) is 0 Å². The summed E-state index contributed by atoms with van der Waals surface area (Å²) in [6.45, 7) is 0. The van der Waals surface area contributed by atoms with Crippen LogP contribution < -0.4 is 0 Å². The van der Waals surface area contributed by atoms with Crippen molar-refractivity contribution >= 4 is 20.3 Å². The van der Waals surface area contributed by atoms with Crippen LogP contribution in [-0.2, 0) is 24.5 Å². The fourth-order valence-electron chi connectivity index (χ4n) is 0.516. The summed E-state index contributed by atoms with van der Waals surface area (Å²) in [6.07, 6.45) is -0.0658. The molecule has 0 heterocycles. The number of hydrogen-bond acceptors (Lipinski definition) is 5. The molecule has 1 rings (SSSR count). The third-order valence-corrected chi connectivity index (χ3v) is 3.88. The van der Waals surface area contributed by atoms with Crippen molar-refractivity contribution in [2.45, 2.75) is 24.5 Å². The Labute approximate surface area is 83.7 Å². The number of sulfonamides is 1. The molecule has 1 saturated carbocycles. The summed E-state index contributed by atoms with van der Waals surface area (Å²) >= 11 is 0. The van der Waals surface area contributed by atoms with Crippen molar-refractivity contribution < 1.29 is 34.2 Å². The SMILES string of the molecule is O=S(=O)([N-]S(=O)(=O)C(F)(F)F)OC1CC1. The third-order valence-electron chi connectivity index (χ3n) is 1.26. The van der Waals surface area contributed by atoms with Gasteiger partial charge < -0.3 is 4.13 Å². The van der Waals surface area contributed by atoms with Crippen LogP contribution in [0, 0.1) is 0 Å². The second-order valence-electron chi connectivity index (χ2n) is 2.72. The molecule has 11 heteroatoms. The topological polar surface area (TPSA) is 91.6 Å². The van der Waals surface area contributed by atoms with Crippen molar-refractivity contribution in [3.63, 3.8) is 0 Å². The minimum absolute atomic E-state index is 0.348. The van der Waals surface area contributed by atoms with E-state index in [1.165, 1.54) is 0 Å². The standard InChI is InChI=1S/C4H5F3NO5S2/c5-4(6,7)14(9,10)8-15(11,12)13-3-1-2-3/h3H,1-2H2/q-1. The Kier molecular flexibility index (Phi) is 3.02. The first-order chi connectivity index (χ1) is 6.54. The fourth-order valence-corrected chi connectivity index (χ4v) is 2.49. The lowest BCUT2D eigenvalue weighted by atomic mass is 10.9. The van der Waals surface area contributed by atoms with Crippen LogP contribution in [-0.4, -0.2) is 28.4 Å². The Balaban J connectivity index is 2.76. The van der Waals surface area contributed by atoms with Gasteiger partial charge in [-0.1, -0.05) is 0 Å². The lowest BCUT2D eigenvalue weighted by Gasteiger charge is -2.21. The normalized spacial score (nSPS) is 19.1. The third kappa shape index (κ3) is 3.59. The van der Waals surface area contributed by atoms with E-state index in [1.54, 1.807) is 4.13 Å². The molecule has 0 atom stereocenters. The average molecular weight is 268 g/mol. The highest BCUT2D eigenvalue weighted by atomic mass is 32.3. The van der Waals surface area contributed by atoms with E-state index in [1.807, 2.05) is 0 Å². The second-order valence-corrected chi connectivity index (χ2v) is 5.78. The van der Waals surface area contributed by atoms with Crippen LogP contribution in [0.4, 0.5) is 13.2 Å². The number of hydrogen-bond donors (Lipinski definition) is 0. The van der Waals surface area contributed by atoms with E-state index in [9.17, 15) is 30.0 Å². The molecular formula is C4H5F3NO5S2-. The molecule has 1 aliphatic carbocycles. The molecule has 0 spiro atoms. The summed E-state index contributed by atoms with van der Waals surface area (Å²) in [4.78, 5) is 0. The molecule has 1 aliphatic rings. The van der Waals surface area contributed by atoms with E-state index >= 15 is 0 Å². The molecular weight excluding hydrogens is 263 g/mol. The first kappa shape index (κ1) is 12.7. The van der Waals surface area contributed by atoms with Gasteiger partial charge in [-0.3, -0.25) is 4.18 Å². The van der Waals surface area contributed by atoms with Crippen molar-refractivity contribution in [3.8, 4) is 0 Å². The van der Waals surface area contributed by atoms with Crippen molar-refractivity contribution in [2.24, 2.45) is 0 Å². The first-order valence-electron chi connectivity index (χ1n) is 3.52. The van der Waals surface area contributed by atoms with E-state index in [-0.39, 0.29) is 0 Å². The van der Waals surface area contributed by atoms with Crippen LogP contribution in [0.3, 0.4) is 0 Å². The lowest BCUT2D eigenvalue weighted by Crippen LogP contribution is -2.25. The van der Waals surface area contributed by atoms with Gasteiger partial charge in [0.15, 0.2) is 10.0 Å². The molecule has 0 N–H and O–H groups in total. The van der Waals surface area contributed by atoms with Crippen molar-refractivity contribution in [1.29, 1.82) is 0 Å². The van der Waals surface area contributed by atoms with Gasteiger partial charge in [0.1, 0.15) is 0 Å². The zero-order valence-corrected chi connectivity index (χ0v) is 8.56. The molecule has 0 aromatic heterocycles. The van der Waals surface area contributed by atoms with E-state index in [2.05, 4.69) is 4.18 Å². The van der Waals surface area contributed by atoms with Gasteiger partial charge in [0.2, 0.25) is 10.3 Å². The molecule has 15 heavy (non-hydrogen) atoms. The van der Waals surface area contributed by atoms with E-state index in [0.717, 1.165) is 0 Å². The average Bonchev–Trinajstić information content (AvgIpc) is 2.64. The minimum atomic E-state index is -6.06. The number of alkyl halides is 3. The smallest absolute Gasteiger partial charge is 0.404 e. The minimum Gasteiger partial charge on any atom is -0.404 e. The van der Waals surface area contributed by atoms with Crippen molar-refractivity contribution in [2.75, 3.05) is 0 Å². The largest absolute Gasteiger partial charge is 0.480 e. The van der Waals surface area contributed by atoms with Crippen LogP contribution in [0.1, 0.15) is 12.8 Å². The van der Waals surface area contributed by atoms with E-state index in [4.69, 9.17) is 0 Å². The summed E-state index contributed by atoms with van der Waals surface area (Å²) in [6, 6.07) is 0. The Morgan fingerprint density at radius 1 is 1.13 bits per heavy atom. The highest BCUT2D eigenvalue weighted by Crippen LogP contribution is 2.33. The Hall–Kier alpha value is -0.390. The van der Waals surface area contributed by atoms with Crippen LogP contribution in [0.25, 0.3) is 4.13 Å². The highest BCUT2D eigenvalue weighted by Gasteiger charge is 2.41. The van der Waals surface area contributed by atoms with Crippen molar-refractivity contribution in [3.05, 3.63) is 4.13 Å². The highest BCUT2D eigenvalue weighted by molar-refractivity contribution is 8.10. The molecule has 0 amide bonds. The summed E-state index contributed by atoms with van der Waals surface area (Å²) < 4.78 is 82.8. The number of rotatable bonds is 4. The van der Waals surface area contributed by atoms with Gasteiger partial charge in [0.05, 0.1) is 6.10 Å². The quantitative estimate of drug-likeness (QED) is 0.745. The number of nitrogens with zero attached hydrogens (tertiary/aromatic N) is 1. The molecule has 0 bridgehead atoms. The van der Waals surface area contributed by atoms with Gasteiger partial charge in [-0.2, -0.15) is 13.2 Å². The molecule has 1 fully saturated rings. The molecule has 0 aromatic carbocycles. The molecule has 0 radical (unpaired) electrons. The van der Waals surface area contributed by atoms with Gasteiger partial charge >= 0.3 is 5.51 Å². The monoisotopic (exact) mass is 268 g/mol. The Morgan fingerprint density at radius 2 is 1.60 bits per heavy atom. The molecule has 0 unspecified atom stereocenters. The van der Waals surface area contributed by atoms with E-state index in [0.29, 0.717) is 12.8 Å². The van der Waals surface area contributed by atoms with Gasteiger partial charge in [0.25, 0.3) is 0 Å². The maximum absolute atomic E-state index is 11.7. The first-order valence-corrected chi connectivity index (χ1v) is 6.33. The second kappa shape index (κ2) is 3.57. The van der Waals surface area contributed by atoms with Crippen LogP contribution >= 0.6 is 0 Å². The zero-order valence-electron chi connectivity index (χ0n) is 6.93. The molecule has 90 valence electrons. The predicted octanol–water partition coefficient (Wildman–Crippen LogP) is 0.634. The molecule has 6 nitrogen and oxygen atoms in total. The summed E-state index contributed by atoms with van der Waals surface area (Å²) in [5.74, 6) is 0. The summed E-state index contributed by atoms with van der Waals surface area (Å²) in [7, 11) is -11.1. The zero-order chi connectivity index (χ0) is 11.9. The van der Waals surface area contributed by atoms with Gasteiger partial charge in [-0.25, -0.2) is 16.8 Å². The lowest BCUT2D eigenvalue weighted by molar-refractivity contribution is -0.0425. The predicted molar refractivity (Wildman–Crippen MR) is 41.4 cm³/mol. The molecule has 0 saturated heterocycles. The van der Waals surface area contributed by atoms with Crippen LogP contribution in [0.2, 0.25) is 0 Å². The molecule has 0 aliphatic heterocycles. The van der Waals surface area contributed by atoms with Crippen molar-refractivity contribution in [1.82, 2.24) is 0 Å². The summed E-state index contributed by atoms with van der Waals surface area (Å²) in [5.41, 5.74) is -5.74. The number of halogens is 3. The van der Waals surface area contributed by atoms with Crippen LogP contribution in [0.15, 0.2) is 0 Å².